The van der Waals surface area contributed by atoms with E-state index in [1.54, 1.807) is 24.3 Å². The molecule has 4 aliphatic carbocycles. The maximum atomic E-state index is 13.9. The quantitative estimate of drug-likeness (QED) is 0.123. The number of ether oxygens (including phenoxy) is 1. The summed E-state index contributed by atoms with van der Waals surface area (Å²) in [4.78, 5) is 67.6. The Balaban J connectivity index is 1.14. The Labute approximate surface area is 252 Å². The van der Waals surface area contributed by atoms with Gasteiger partial charge in [-0.1, -0.05) is 53.6 Å². The van der Waals surface area contributed by atoms with Crippen LogP contribution in [0, 0.1) is 42.4 Å². The Morgan fingerprint density at radius 1 is 0.837 bits per heavy atom. The molecule has 8 nitrogen and oxygen atoms in total. The van der Waals surface area contributed by atoms with Gasteiger partial charge in [0.25, 0.3) is 17.7 Å². The minimum atomic E-state index is -0.714. The summed E-state index contributed by atoms with van der Waals surface area (Å²) in [5, 5.41) is 1.99. The average molecular weight is 595 g/mol. The van der Waals surface area contributed by atoms with E-state index >= 15 is 0 Å². The van der Waals surface area contributed by atoms with Crippen molar-refractivity contribution in [3.63, 3.8) is 0 Å². The molecule has 3 amide bonds. The largest absolute Gasteiger partial charge is 0.423 e. The number of Topliss-reactive ketones (excluding diaryl/α,β-unsaturated/α-hetero) is 1. The van der Waals surface area contributed by atoms with Crippen molar-refractivity contribution in [3.8, 4) is 5.75 Å². The fourth-order valence-electron chi connectivity index (χ4n) is 6.98. The first-order chi connectivity index (χ1) is 20.7. The third-order valence-electron chi connectivity index (χ3n) is 9.19. The molecule has 216 valence electrons. The first kappa shape index (κ1) is 27.3. The van der Waals surface area contributed by atoms with E-state index in [-0.39, 0.29) is 33.7 Å². The van der Waals surface area contributed by atoms with Gasteiger partial charge in [0, 0.05) is 5.56 Å². The highest BCUT2D eigenvalue weighted by atomic mass is 35.5. The van der Waals surface area contributed by atoms with E-state index in [1.165, 1.54) is 36.4 Å². The highest BCUT2D eigenvalue weighted by Crippen LogP contribution is 2.65. The molecule has 0 unspecified atom stereocenters. The zero-order valence-corrected chi connectivity index (χ0v) is 23.9. The number of esters is 1. The van der Waals surface area contributed by atoms with Crippen LogP contribution in [0.5, 0.6) is 5.75 Å². The van der Waals surface area contributed by atoms with Gasteiger partial charge in [-0.15, -0.1) is 0 Å². The lowest BCUT2D eigenvalue weighted by molar-refractivity contribution is -0.154. The number of allylic oxidation sites excluding steroid dienone is 2. The number of hydrazine groups is 1. The minimum Gasteiger partial charge on any atom is -0.423 e. The monoisotopic (exact) mass is 594 g/mol. The Hall–Kier alpha value is -4.56. The van der Waals surface area contributed by atoms with Gasteiger partial charge < -0.3 is 4.74 Å². The van der Waals surface area contributed by atoms with E-state index in [1.807, 2.05) is 31.2 Å². The van der Waals surface area contributed by atoms with Gasteiger partial charge in [0.05, 0.1) is 28.0 Å². The van der Waals surface area contributed by atoms with E-state index in [9.17, 15) is 24.0 Å². The molecule has 1 saturated heterocycles. The number of ketones is 1. The van der Waals surface area contributed by atoms with Crippen molar-refractivity contribution < 1.29 is 28.7 Å². The summed E-state index contributed by atoms with van der Waals surface area (Å²) in [5.74, 6) is -2.79. The molecule has 2 bridgehead atoms. The van der Waals surface area contributed by atoms with Crippen LogP contribution in [0.4, 0.5) is 0 Å². The van der Waals surface area contributed by atoms with Crippen molar-refractivity contribution in [2.75, 3.05) is 6.54 Å². The fourth-order valence-corrected chi connectivity index (χ4v) is 7.19. The molecule has 5 aliphatic rings. The van der Waals surface area contributed by atoms with Crippen LogP contribution in [0.2, 0.25) is 5.02 Å². The Morgan fingerprint density at radius 3 is 2.02 bits per heavy atom. The molecule has 1 aliphatic heterocycles. The second-order valence-corrected chi connectivity index (χ2v) is 12.1. The number of carbonyl (C=O) groups excluding carboxylic acids is 5. The van der Waals surface area contributed by atoms with Crippen LogP contribution in [0.1, 0.15) is 43.1 Å². The van der Waals surface area contributed by atoms with Crippen molar-refractivity contribution in [1.82, 2.24) is 10.0 Å². The second kappa shape index (κ2) is 10.3. The molecule has 3 aromatic rings. The van der Waals surface area contributed by atoms with Crippen molar-refractivity contribution in [1.29, 1.82) is 0 Å². The first-order valence-electron chi connectivity index (χ1n) is 14.3. The normalized spacial score (nSPS) is 26.1. The zero-order valence-electron chi connectivity index (χ0n) is 23.2. The van der Waals surface area contributed by atoms with Crippen molar-refractivity contribution in [3.05, 3.63) is 112 Å². The summed E-state index contributed by atoms with van der Waals surface area (Å²) in [6, 6.07) is 19.2. The second-order valence-electron chi connectivity index (χ2n) is 11.7. The summed E-state index contributed by atoms with van der Waals surface area (Å²) < 4.78 is 5.43. The van der Waals surface area contributed by atoms with E-state index in [2.05, 4.69) is 0 Å². The van der Waals surface area contributed by atoms with Crippen molar-refractivity contribution in [2.24, 2.45) is 35.5 Å². The van der Waals surface area contributed by atoms with Crippen LogP contribution in [0.3, 0.4) is 0 Å². The molecule has 0 N–H and O–H groups in total. The average Bonchev–Trinajstić information content (AvgIpc) is 3.79. The molecule has 0 radical (unpaired) electrons. The number of halogens is 1. The smallest absolute Gasteiger partial charge is 0.343 e. The van der Waals surface area contributed by atoms with E-state index in [4.69, 9.17) is 16.3 Å². The van der Waals surface area contributed by atoms with Gasteiger partial charge in [0.15, 0.2) is 5.78 Å². The summed E-state index contributed by atoms with van der Waals surface area (Å²) in [7, 11) is 0. The van der Waals surface area contributed by atoms with Gasteiger partial charge in [-0.05, 0) is 85.5 Å². The summed E-state index contributed by atoms with van der Waals surface area (Å²) >= 11 is 6.34. The van der Waals surface area contributed by atoms with Crippen molar-refractivity contribution in [2.45, 2.75) is 13.3 Å². The lowest BCUT2D eigenvalue weighted by atomic mass is 9.63. The number of hydrogen-bond acceptors (Lipinski definition) is 6. The molecule has 6 atom stereocenters. The van der Waals surface area contributed by atoms with Crippen LogP contribution in [-0.4, -0.2) is 46.0 Å². The lowest BCUT2D eigenvalue weighted by Gasteiger charge is -2.37. The van der Waals surface area contributed by atoms with Crippen molar-refractivity contribution >= 4 is 41.1 Å². The highest BCUT2D eigenvalue weighted by Gasteiger charge is 2.68. The number of aryl methyl sites for hydroxylation is 1. The van der Waals surface area contributed by atoms with Crippen LogP contribution in [0.15, 0.2) is 84.9 Å². The number of amides is 3. The van der Waals surface area contributed by atoms with Crippen LogP contribution >= 0.6 is 11.6 Å². The van der Waals surface area contributed by atoms with Gasteiger partial charge in [-0.3, -0.25) is 19.2 Å². The van der Waals surface area contributed by atoms with Gasteiger partial charge in [0.2, 0.25) is 0 Å². The van der Waals surface area contributed by atoms with Gasteiger partial charge in [0.1, 0.15) is 12.3 Å². The Kier molecular flexibility index (Phi) is 6.54. The molecule has 3 aromatic carbocycles. The maximum Gasteiger partial charge on any atom is 0.343 e. The number of carbonyl (C=O) groups is 5. The molecule has 0 spiro atoms. The Bertz CT molecular complexity index is 1680. The van der Waals surface area contributed by atoms with Crippen LogP contribution in [0.25, 0.3) is 0 Å². The van der Waals surface area contributed by atoms with E-state index < -0.39 is 47.9 Å². The van der Waals surface area contributed by atoms with Gasteiger partial charge >= 0.3 is 5.97 Å². The summed E-state index contributed by atoms with van der Waals surface area (Å²) in [6.07, 6.45) is 5.10. The molecule has 8 rings (SSSR count). The predicted octanol–water partition coefficient (Wildman–Crippen LogP) is 5.16. The Morgan fingerprint density at radius 2 is 1.42 bits per heavy atom. The van der Waals surface area contributed by atoms with Gasteiger partial charge in [-0.25, -0.2) is 9.80 Å². The molecule has 9 heteroatoms. The van der Waals surface area contributed by atoms with Gasteiger partial charge in [-0.2, -0.15) is 5.01 Å². The maximum absolute atomic E-state index is 13.9. The molecule has 43 heavy (non-hydrogen) atoms. The number of imide groups is 1. The fraction of sp³-hybridized carbons (Fsp3) is 0.265. The molecule has 3 fully saturated rings. The van der Waals surface area contributed by atoms with Crippen LogP contribution in [-0.2, 0) is 9.59 Å². The standard InChI is InChI=1S/C34H27ClN2O6/c1-18-6-8-20(9-7-18)34(42)43-21-12-10-19(11-13-21)28(38)17-36(31(39)24-4-2-3-5-27(24)35)37-32(40)29-22-14-15-23(26-16-25(22)26)30(29)33(37)41/h2-15,22-23,25-26,29-30H,16-17H2,1H3/t22-,23-,25-,26+,29+,30+/m0/s1. The first-order valence-corrected chi connectivity index (χ1v) is 14.7. The SMILES string of the molecule is Cc1ccc(C(=O)Oc2ccc(C(=O)CN(C(=O)c3ccccc3Cl)N3C(=O)[C@@H]4[C@H]5C=C[C@@H]([C@@H]6C[C@H]56)[C@H]4C3=O)cc2)cc1. The third-order valence-corrected chi connectivity index (χ3v) is 9.52. The number of benzene rings is 3. The summed E-state index contributed by atoms with van der Waals surface area (Å²) in [5.41, 5.74) is 1.69. The number of hydrogen-bond donors (Lipinski definition) is 0. The van der Waals surface area contributed by atoms with Crippen LogP contribution < -0.4 is 4.74 Å². The molecule has 2 saturated carbocycles. The molecular weight excluding hydrogens is 568 g/mol. The third kappa shape index (κ3) is 4.57. The molecular formula is C34H27ClN2O6. The topological polar surface area (TPSA) is 101 Å². The van der Waals surface area contributed by atoms with E-state index in [0.717, 1.165) is 22.0 Å². The highest BCUT2D eigenvalue weighted by molar-refractivity contribution is 6.34. The molecule has 1 heterocycles. The lowest BCUT2D eigenvalue weighted by Crippen LogP contribution is -2.52. The number of nitrogens with zero attached hydrogens (tertiary/aromatic N) is 2. The van der Waals surface area contributed by atoms with E-state index in [0.29, 0.717) is 17.4 Å². The predicted molar refractivity (Wildman–Crippen MR) is 156 cm³/mol. The molecule has 0 aromatic heterocycles. The number of rotatable bonds is 7. The minimum absolute atomic E-state index is 0.0374. The zero-order chi connectivity index (χ0) is 30.0. The summed E-state index contributed by atoms with van der Waals surface area (Å²) in [6.45, 7) is 1.36.